The molecule has 1 aromatic rings. The maximum Gasteiger partial charge on any atom is 0.127 e. The van der Waals surface area contributed by atoms with Gasteiger partial charge in [0.15, 0.2) is 0 Å². The van der Waals surface area contributed by atoms with Crippen molar-refractivity contribution in [2.24, 2.45) is 5.73 Å². The lowest BCUT2D eigenvalue weighted by Gasteiger charge is -2.39. The van der Waals surface area contributed by atoms with Gasteiger partial charge in [-0.1, -0.05) is 0 Å². The fourth-order valence-corrected chi connectivity index (χ4v) is 2.87. The molecule has 1 saturated carbocycles. The van der Waals surface area contributed by atoms with E-state index < -0.39 is 11.2 Å². The van der Waals surface area contributed by atoms with Crippen LogP contribution in [0.5, 0.6) is 0 Å². The zero-order chi connectivity index (χ0) is 13.2. The molecule has 0 spiro atoms. The van der Waals surface area contributed by atoms with Crippen LogP contribution in [0.25, 0.3) is 0 Å². The molecular formula is C14H19F2NO. The predicted octanol–water partition coefficient (Wildman–Crippen LogP) is 2.75. The molecule has 4 heteroatoms. The Hall–Kier alpha value is -1.00. The van der Waals surface area contributed by atoms with Gasteiger partial charge in [0.2, 0.25) is 0 Å². The summed E-state index contributed by atoms with van der Waals surface area (Å²) in [7, 11) is 1.68. The Labute approximate surface area is 106 Å². The van der Waals surface area contributed by atoms with E-state index in [1.165, 1.54) is 12.1 Å². The Kier molecular flexibility index (Phi) is 3.97. The van der Waals surface area contributed by atoms with E-state index in [9.17, 15) is 8.78 Å². The standard InChI is InChI=1S/C14H19F2NO/c1-18-11-4-6-14(9-17,7-5-11)12-8-10(15)2-3-13(12)16/h2-3,8,11H,4-7,9,17H2,1H3/t11-,14-. The van der Waals surface area contributed by atoms with Crippen molar-refractivity contribution in [3.05, 3.63) is 35.4 Å². The number of methoxy groups -OCH3 is 1. The number of hydrogen-bond acceptors (Lipinski definition) is 2. The molecule has 1 fully saturated rings. The minimum Gasteiger partial charge on any atom is -0.381 e. The van der Waals surface area contributed by atoms with E-state index in [-0.39, 0.29) is 11.9 Å². The second-order valence-corrected chi connectivity index (χ2v) is 5.04. The highest BCUT2D eigenvalue weighted by Crippen LogP contribution is 2.40. The summed E-state index contributed by atoms with van der Waals surface area (Å²) in [6, 6.07) is 3.61. The van der Waals surface area contributed by atoms with Crippen LogP contribution in [0.4, 0.5) is 8.78 Å². The van der Waals surface area contributed by atoms with Crippen molar-refractivity contribution in [1.82, 2.24) is 0 Å². The first-order valence-electron chi connectivity index (χ1n) is 6.30. The fourth-order valence-electron chi connectivity index (χ4n) is 2.87. The number of nitrogens with two attached hydrogens (primary N) is 1. The molecule has 0 atom stereocenters. The van der Waals surface area contributed by atoms with Crippen LogP contribution in [-0.2, 0) is 10.2 Å². The van der Waals surface area contributed by atoms with Crippen molar-refractivity contribution >= 4 is 0 Å². The Bertz CT molecular complexity index is 414. The smallest absolute Gasteiger partial charge is 0.127 e. The van der Waals surface area contributed by atoms with Gasteiger partial charge in [0, 0.05) is 19.1 Å². The topological polar surface area (TPSA) is 35.2 Å². The highest BCUT2D eigenvalue weighted by atomic mass is 19.1. The molecule has 1 aromatic carbocycles. The Balaban J connectivity index is 2.30. The van der Waals surface area contributed by atoms with E-state index in [0.717, 1.165) is 31.7 Å². The summed E-state index contributed by atoms with van der Waals surface area (Å²) in [5, 5.41) is 0. The monoisotopic (exact) mass is 255 g/mol. The van der Waals surface area contributed by atoms with Gasteiger partial charge in [0.05, 0.1) is 6.10 Å². The van der Waals surface area contributed by atoms with Gasteiger partial charge in [-0.3, -0.25) is 0 Å². The molecule has 0 heterocycles. The van der Waals surface area contributed by atoms with Crippen LogP contribution in [0.15, 0.2) is 18.2 Å². The Morgan fingerprint density at radius 3 is 2.56 bits per heavy atom. The third-order valence-corrected chi connectivity index (χ3v) is 4.11. The third kappa shape index (κ3) is 2.40. The largest absolute Gasteiger partial charge is 0.381 e. The summed E-state index contributed by atoms with van der Waals surface area (Å²) >= 11 is 0. The molecule has 18 heavy (non-hydrogen) atoms. The molecule has 1 aliphatic carbocycles. The van der Waals surface area contributed by atoms with Crippen molar-refractivity contribution in [1.29, 1.82) is 0 Å². The van der Waals surface area contributed by atoms with E-state index >= 15 is 0 Å². The number of benzene rings is 1. The Morgan fingerprint density at radius 2 is 2.00 bits per heavy atom. The van der Waals surface area contributed by atoms with Crippen LogP contribution in [0, 0.1) is 11.6 Å². The van der Waals surface area contributed by atoms with E-state index in [4.69, 9.17) is 10.5 Å². The van der Waals surface area contributed by atoms with Gasteiger partial charge >= 0.3 is 0 Å². The minimum atomic E-state index is -0.443. The van der Waals surface area contributed by atoms with Gasteiger partial charge in [-0.2, -0.15) is 0 Å². The van der Waals surface area contributed by atoms with E-state index in [1.807, 2.05) is 0 Å². The molecular weight excluding hydrogens is 236 g/mol. The van der Waals surface area contributed by atoms with Crippen molar-refractivity contribution in [3.63, 3.8) is 0 Å². The van der Waals surface area contributed by atoms with E-state index in [1.54, 1.807) is 7.11 Å². The predicted molar refractivity (Wildman–Crippen MR) is 66.4 cm³/mol. The van der Waals surface area contributed by atoms with Gasteiger partial charge in [-0.15, -0.1) is 0 Å². The van der Waals surface area contributed by atoms with Crippen molar-refractivity contribution in [3.8, 4) is 0 Å². The molecule has 0 saturated heterocycles. The minimum absolute atomic E-state index is 0.210. The van der Waals surface area contributed by atoms with Crippen LogP contribution < -0.4 is 5.73 Å². The van der Waals surface area contributed by atoms with E-state index in [2.05, 4.69) is 0 Å². The van der Waals surface area contributed by atoms with Crippen molar-refractivity contribution in [2.45, 2.75) is 37.2 Å². The van der Waals surface area contributed by atoms with Crippen LogP contribution in [0.3, 0.4) is 0 Å². The van der Waals surface area contributed by atoms with Gasteiger partial charge < -0.3 is 10.5 Å². The lowest BCUT2D eigenvalue weighted by Crippen LogP contribution is -2.41. The van der Waals surface area contributed by atoms with Crippen LogP contribution in [0.1, 0.15) is 31.2 Å². The molecule has 0 aromatic heterocycles. The molecule has 0 amide bonds. The highest BCUT2D eigenvalue weighted by Gasteiger charge is 2.37. The lowest BCUT2D eigenvalue weighted by atomic mass is 9.68. The average Bonchev–Trinajstić information content (AvgIpc) is 2.41. The molecule has 100 valence electrons. The zero-order valence-corrected chi connectivity index (χ0v) is 10.6. The molecule has 0 bridgehead atoms. The lowest BCUT2D eigenvalue weighted by molar-refractivity contribution is 0.0490. The van der Waals surface area contributed by atoms with Crippen molar-refractivity contribution in [2.75, 3.05) is 13.7 Å². The molecule has 1 aliphatic rings. The second kappa shape index (κ2) is 5.33. The molecule has 2 nitrogen and oxygen atoms in total. The average molecular weight is 255 g/mol. The first-order valence-corrected chi connectivity index (χ1v) is 6.30. The van der Waals surface area contributed by atoms with E-state index in [0.29, 0.717) is 12.1 Å². The van der Waals surface area contributed by atoms with Crippen LogP contribution >= 0.6 is 0 Å². The zero-order valence-electron chi connectivity index (χ0n) is 10.6. The quantitative estimate of drug-likeness (QED) is 0.901. The summed E-state index contributed by atoms with van der Waals surface area (Å²) in [6.45, 7) is 0.337. The van der Waals surface area contributed by atoms with Crippen LogP contribution in [-0.4, -0.2) is 19.8 Å². The third-order valence-electron chi connectivity index (χ3n) is 4.11. The Morgan fingerprint density at radius 1 is 1.33 bits per heavy atom. The molecule has 2 rings (SSSR count). The maximum absolute atomic E-state index is 13.9. The van der Waals surface area contributed by atoms with Gasteiger partial charge in [0.25, 0.3) is 0 Å². The highest BCUT2D eigenvalue weighted by molar-refractivity contribution is 5.29. The number of halogens is 2. The summed E-state index contributed by atoms with van der Waals surface area (Å²) < 4.78 is 32.5. The molecule has 2 N–H and O–H groups in total. The maximum atomic E-state index is 13.9. The summed E-state index contributed by atoms with van der Waals surface area (Å²) in [5.41, 5.74) is 5.82. The number of rotatable bonds is 3. The molecule has 0 unspecified atom stereocenters. The normalized spacial score (nSPS) is 28.3. The van der Waals surface area contributed by atoms with Gasteiger partial charge in [-0.05, 0) is 49.4 Å². The second-order valence-electron chi connectivity index (χ2n) is 5.04. The number of ether oxygens (including phenoxy) is 1. The SMILES string of the molecule is CO[C@H]1CC[C@](CN)(c2cc(F)ccc2F)CC1. The van der Waals surface area contributed by atoms with Gasteiger partial charge in [-0.25, -0.2) is 8.78 Å². The van der Waals surface area contributed by atoms with Crippen molar-refractivity contribution < 1.29 is 13.5 Å². The first-order chi connectivity index (χ1) is 8.61. The summed E-state index contributed by atoms with van der Waals surface area (Å²) in [5.74, 6) is -0.772. The molecule has 0 radical (unpaired) electrons. The first kappa shape index (κ1) is 13.4. The van der Waals surface area contributed by atoms with Crippen LogP contribution in [0.2, 0.25) is 0 Å². The number of hydrogen-bond donors (Lipinski definition) is 1. The fraction of sp³-hybridized carbons (Fsp3) is 0.571. The van der Waals surface area contributed by atoms with Gasteiger partial charge in [0.1, 0.15) is 11.6 Å². The summed E-state index contributed by atoms with van der Waals surface area (Å²) in [6.07, 6.45) is 3.36. The summed E-state index contributed by atoms with van der Waals surface area (Å²) in [4.78, 5) is 0. The molecule has 0 aliphatic heterocycles.